The Kier molecular flexibility index (Phi) is 6.95. The Morgan fingerprint density at radius 3 is 1.77 bits per heavy atom. The minimum Gasteiger partial charge on any atom is -0.455 e. The van der Waals surface area contributed by atoms with Crippen LogP contribution in [0.3, 0.4) is 0 Å². The fourth-order valence-electron chi connectivity index (χ4n) is 9.40. The molecule has 10 aromatic carbocycles. The summed E-state index contributed by atoms with van der Waals surface area (Å²) in [6.45, 7) is 0. The molecule has 3 heterocycles. The number of para-hydroxylation sites is 2. The number of furan rings is 1. The van der Waals surface area contributed by atoms with E-state index in [4.69, 9.17) is 19.4 Å². The van der Waals surface area contributed by atoms with Gasteiger partial charge in [-0.25, -0.2) is 15.0 Å². The number of nitrogens with zero attached hydrogens (tertiary/aromatic N) is 4. The highest BCUT2D eigenvalue weighted by atomic mass is 16.3. The van der Waals surface area contributed by atoms with Gasteiger partial charge >= 0.3 is 0 Å². The Morgan fingerprint density at radius 2 is 0.950 bits per heavy atom. The third-order valence-electron chi connectivity index (χ3n) is 12.2. The number of hydrogen-bond donors (Lipinski definition) is 0. The molecule has 0 atom stereocenters. The largest absolute Gasteiger partial charge is 0.455 e. The highest BCUT2D eigenvalue weighted by Crippen LogP contribution is 2.43. The minimum absolute atomic E-state index is 0.546. The van der Waals surface area contributed by atoms with E-state index in [1.807, 2.05) is 12.1 Å². The Morgan fingerprint density at radius 1 is 0.350 bits per heavy atom. The van der Waals surface area contributed by atoms with Crippen LogP contribution in [0.15, 0.2) is 199 Å². The van der Waals surface area contributed by atoms with Gasteiger partial charge in [0, 0.05) is 27.3 Å². The third-order valence-corrected chi connectivity index (χ3v) is 12.2. The summed E-state index contributed by atoms with van der Waals surface area (Å²) < 4.78 is 9.33. The van der Waals surface area contributed by atoms with E-state index in [0.29, 0.717) is 17.5 Å². The molecule has 0 unspecified atom stereocenters. The monoisotopic (exact) mass is 764 g/mol. The molecular weight excluding hydrogens is 733 g/mol. The molecule has 0 bridgehead atoms. The first kappa shape index (κ1) is 32.9. The summed E-state index contributed by atoms with van der Waals surface area (Å²) in [7, 11) is 0. The Balaban J connectivity index is 1.12. The van der Waals surface area contributed by atoms with Gasteiger partial charge in [-0.05, 0) is 91.6 Å². The zero-order chi connectivity index (χ0) is 39.3. The molecule has 60 heavy (non-hydrogen) atoms. The van der Waals surface area contributed by atoms with Gasteiger partial charge in [-0.3, -0.25) is 0 Å². The van der Waals surface area contributed by atoms with Crippen LogP contribution in [0.25, 0.3) is 127 Å². The third kappa shape index (κ3) is 4.90. The van der Waals surface area contributed by atoms with E-state index in [0.717, 1.165) is 82.3 Å². The van der Waals surface area contributed by atoms with Crippen molar-refractivity contribution < 1.29 is 4.42 Å². The van der Waals surface area contributed by atoms with Gasteiger partial charge in [-0.2, -0.15) is 0 Å². The van der Waals surface area contributed by atoms with Crippen LogP contribution in [0.4, 0.5) is 0 Å². The van der Waals surface area contributed by atoms with E-state index in [-0.39, 0.29) is 0 Å². The zero-order valence-corrected chi connectivity index (χ0v) is 32.2. The van der Waals surface area contributed by atoms with E-state index in [2.05, 4.69) is 187 Å². The van der Waals surface area contributed by atoms with Crippen LogP contribution in [-0.4, -0.2) is 19.5 Å². The molecule has 0 aliphatic carbocycles. The van der Waals surface area contributed by atoms with Crippen molar-refractivity contribution in [1.82, 2.24) is 19.5 Å². The second-order valence-corrected chi connectivity index (χ2v) is 15.6. The number of benzene rings is 10. The van der Waals surface area contributed by atoms with Crippen LogP contribution in [0.1, 0.15) is 0 Å². The van der Waals surface area contributed by atoms with Gasteiger partial charge < -0.3 is 8.98 Å². The fraction of sp³-hybridized carbons (Fsp3) is 0. The van der Waals surface area contributed by atoms with Crippen LogP contribution in [0.5, 0.6) is 0 Å². The summed E-state index contributed by atoms with van der Waals surface area (Å²) >= 11 is 0. The molecule has 13 rings (SSSR count). The molecule has 13 aromatic rings. The van der Waals surface area contributed by atoms with Gasteiger partial charge in [0.2, 0.25) is 0 Å². The van der Waals surface area contributed by atoms with Gasteiger partial charge in [0.15, 0.2) is 17.5 Å². The second-order valence-electron chi connectivity index (χ2n) is 15.6. The smallest absolute Gasteiger partial charge is 0.167 e. The van der Waals surface area contributed by atoms with Crippen LogP contribution in [0.2, 0.25) is 0 Å². The molecule has 5 heteroatoms. The molecule has 0 aliphatic rings. The highest BCUT2D eigenvalue weighted by Gasteiger charge is 2.24. The van der Waals surface area contributed by atoms with Crippen molar-refractivity contribution in [1.29, 1.82) is 0 Å². The molecule has 0 saturated carbocycles. The molecular formula is C55H32N4O. The van der Waals surface area contributed by atoms with Gasteiger partial charge in [-0.15, -0.1) is 0 Å². The summed E-state index contributed by atoms with van der Waals surface area (Å²) in [5, 5.41) is 13.7. The first-order chi connectivity index (χ1) is 29.7. The van der Waals surface area contributed by atoms with Crippen molar-refractivity contribution in [2.45, 2.75) is 0 Å². The lowest BCUT2D eigenvalue weighted by Gasteiger charge is -2.14. The summed E-state index contributed by atoms with van der Waals surface area (Å²) in [5.41, 5.74) is 7.49. The standard InChI is InChI=1S/C55H32N4O/c1-2-14-34-29-38(26-25-33(34)13-1)53-56-54(58-55(57-53)46-31-37-17-5-6-18-39(37)40-19-7-8-20-41(40)46)44-27-28-48(51-43-22-10-12-24-50(43)60-52(44)51)59-47-23-11-9-21-42(47)45-30-35-15-3-4-16-36(35)32-49(45)59/h1-32H. The number of fused-ring (bicyclic) bond motifs is 11. The molecule has 0 saturated heterocycles. The van der Waals surface area contributed by atoms with Crippen molar-refractivity contribution >= 4 is 86.8 Å². The maximum atomic E-state index is 6.93. The van der Waals surface area contributed by atoms with E-state index in [1.54, 1.807) is 0 Å². The van der Waals surface area contributed by atoms with Crippen molar-refractivity contribution in [2.75, 3.05) is 0 Å². The molecule has 0 fully saturated rings. The molecule has 0 radical (unpaired) electrons. The van der Waals surface area contributed by atoms with E-state index in [9.17, 15) is 0 Å². The Bertz CT molecular complexity index is 3910. The number of aromatic nitrogens is 4. The zero-order valence-electron chi connectivity index (χ0n) is 32.2. The molecule has 3 aromatic heterocycles. The van der Waals surface area contributed by atoms with Gasteiger partial charge in [0.25, 0.3) is 0 Å². The van der Waals surface area contributed by atoms with Crippen LogP contribution >= 0.6 is 0 Å². The molecule has 278 valence electrons. The SMILES string of the molecule is c1ccc2cc(-c3nc(-c4cc5ccccc5c5ccccc45)nc(-c4ccc(-n5c6ccccc6c6cc7ccccc7cc65)c5c4oc4ccccc45)n3)ccc2c1. The van der Waals surface area contributed by atoms with Crippen LogP contribution in [0, 0.1) is 0 Å². The Hall–Kier alpha value is -8.15. The lowest BCUT2D eigenvalue weighted by Crippen LogP contribution is -2.02. The first-order valence-electron chi connectivity index (χ1n) is 20.3. The van der Waals surface area contributed by atoms with Crippen molar-refractivity contribution in [3.05, 3.63) is 194 Å². The van der Waals surface area contributed by atoms with Crippen LogP contribution in [-0.2, 0) is 0 Å². The highest BCUT2D eigenvalue weighted by molar-refractivity contribution is 6.18. The molecule has 0 amide bonds. The summed E-state index contributed by atoms with van der Waals surface area (Å²) in [4.78, 5) is 16.0. The molecule has 5 nitrogen and oxygen atoms in total. The predicted octanol–water partition coefficient (Wildman–Crippen LogP) is 14.5. The van der Waals surface area contributed by atoms with Crippen molar-refractivity contribution in [2.24, 2.45) is 0 Å². The van der Waals surface area contributed by atoms with Gasteiger partial charge in [0.05, 0.1) is 27.7 Å². The average Bonchev–Trinajstić information content (AvgIpc) is 3.86. The average molecular weight is 765 g/mol. The topological polar surface area (TPSA) is 56.7 Å². The number of hydrogen-bond acceptors (Lipinski definition) is 4. The van der Waals surface area contributed by atoms with E-state index in [1.165, 1.54) is 26.9 Å². The Labute approximate surface area is 343 Å². The fourth-order valence-corrected chi connectivity index (χ4v) is 9.40. The summed E-state index contributed by atoms with van der Waals surface area (Å²) in [6, 6.07) is 68.6. The summed E-state index contributed by atoms with van der Waals surface area (Å²) in [5.74, 6) is 1.75. The minimum atomic E-state index is 0.546. The molecule has 0 N–H and O–H groups in total. The van der Waals surface area contributed by atoms with Crippen molar-refractivity contribution in [3.63, 3.8) is 0 Å². The lowest BCUT2D eigenvalue weighted by atomic mass is 9.96. The lowest BCUT2D eigenvalue weighted by molar-refractivity contribution is 0.669. The van der Waals surface area contributed by atoms with Gasteiger partial charge in [0.1, 0.15) is 11.2 Å². The molecule has 0 aliphatic heterocycles. The van der Waals surface area contributed by atoms with Crippen LogP contribution < -0.4 is 0 Å². The predicted molar refractivity (Wildman–Crippen MR) is 248 cm³/mol. The van der Waals surface area contributed by atoms with E-state index < -0.39 is 0 Å². The normalized spacial score (nSPS) is 12.0. The maximum absolute atomic E-state index is 6.93. The summed E-state index contributed by atoms with van der Waals surface area (Å²) in [6.07, 6.45) is 0. The van der Waals surface area contributed by atoms with Crippen molar-refractivity contribution in [3.8, 4) is 39.9 Å². The van der Waals surface area contributed by atoms with E-state index >= 15 is 0 Å². The quantitative estimate of drug-likeness (QED) is 0.167. The molecule has 0 spiro atoms. The first-order valence-corrected chi connectivity index (χ1v) is 20.3. The number of rotatable bonds is 4. The van der Waals surface area contributed by atoms with Gasteiger partial charge in [-0.1, -0.05) is 146 Å². The second kappa shape index (κ2) is 12.7. The maximum Gasteiger partial charge on any atom is 0.167 e.